The highest BCUT2D eigenvalue weighted by atomic mass is 16.2. The van der Waals surface area contributed by atoms with Crippen molar-refractivity contribution >= 4 is 22.7 Å². The second kappa shape index (κ2) is 7.66. The van der Waals surface area contributed by atoms with Crippen LogP contribution in [0.5, 0.6) is 0 Å². The molecule has 1 aliphatic rings. The molecule has 2 heterocycles. The molecule has 4 rings (SSSR count). The van der Waals surface area contributed by atoms with Crippen molar-refractivity contribution in [1.82, 2.24) is 15.2 Å². The third-order valence-corrected chi connectivity index (χ3v) is 5.12. The van der Waals surface area contributed by atoms with Crippen LogP contribution in [0.4, 0.5) is 0 Å². The van der Waals surface area contributed by atoms with E-state index < -0.39 is 0 Å². The number of carbonyl (C=O) groups excluding carboxylic acids is 2. The molecule has 2 aromatic carbocycles. The summed E-state index contributed by atoms with van der Waals surface area (Å²) in [4.78, 5) is 30.1. The molecule has 0 saturated carbocycles. The number of H-pyrrole nitrogens is 1. The summed E-state index contributed by atoms with van der Waals surface area (Å²) in [6.45, 7) is 2.16. The van der Waals surface area contributed by atoms with E-state index in [0.29, 0.717) is 17.7 Å². The van der Waals surface area contributed by atoms with Gasteiger partial charge in [0, 0.05) is 47.9 Å². The number of hydrogen-bond donors (Lipinski definition) is 2. The zero-order valence-electron chi connectivity index (χ0n) is 15.2. The fraction of sp³-hybridized carbons (Fsp3) is 0.273. The van der Waals surface area contributed by atoms with Gasteiger partial charge in [0.05, 0.1) is 0 Å². The summed E-state index contributed by atoms with van der Waals surface area (Å²) in [7, 11) is 0. The number of amides is 2. The lowest BCUT2D eigenvalue weighted by molar-refractivity contribution is 0.0793. The molecule has 0 bridgehead atoms. The van der Waals surface area contributed by atoms with Crippen LogP contribution in [0.3, 0.4) is 0 Å². The molecule has 1 fully saturated rings. The zero-order valence-corrected chi connectivity index (χ0v) is 15.2. The van der Waals surface area contributed by atoms with Gasteiger partial charge in [-0.15, -0.1) is 0 Å². The number of para-hydroxylation sites is 1. The zero-order chi connectivity index (χ0) is 18.6. The maximum absolute atomic E-state index is 12.5. The molecule has 0 aliphatic carbocycles. The van der Waals surface area contributed by atoms with Gasteiger partial charge in [-0.25, -0.2) is 0 Å². The quantitative estimate of drug-likeness (QED) is 0.732. The highest BCUT2D eigenvalue weighted by Crippen LogP contribution is 2.18. The van der Waals surface area contributed by atoms with E-state index >= 15 is 0 Å². The van der Waals surface area contributed by atoms with E-state index in [1.165, 1.54) is 10.9 Å². The topological polar surface area (TPSA) is 65.2 Å². The molecule has 2 amide bonds. The SMILES string of the molecule is O=C(NCCc1c[nH]c2ccccc12)c1cccc(C(=O)N2CCCC2)c1. The van der Waals surface area contributed by atoms with Crippen molar-refractivity contribution in [3.8, 4) is 0 Å². The van der Waals surface area contributed by atoms with E-state index in [-0.39, 0.29) is 11.8 Å². The molecule has 0 radical (unpaired) electrons. The number of fused-ring (bicyclic) bond motifs is 1. The number of nitrogens with one attached hydrogen (secondary N) is 2. The first-order valence-electron chi connectivity index (χ1n) is 9.45. The first kappa shape index (κ1) is 17.3. The first-order valence-corrected chi connectivity index (χ1v) is 9.45. The predicted octanol–water partition coefficient (Wildman–Crippen LogP) is 3.38. The van der Waals surface area contributed by atoms with E-state index in [4.69, 9.17) is 0 Å². The number of aromatic amines is 1. The van der Waals surface area contributed by atoms with E-state index in [0.717, 1.165) is 37.9 Å². The first-order chi connectivity index (χ1) is 13.2. The monoisotopic (exact) mass is 361 g/mol. The van der Waals surface area contributed by atoms with Crippen molar-refractivity contribution < 1.29 is 9.59 Å². The Morgan fingerprint density at radius 3 is 2.63 bits per heavy atom. The molecule has 27 heavy (non-hydrogen) atoms. The normalized spacial score (nSPS) is 13.9. The summed E-state index contributed by atoms with van der Waals surface area (Å²) < 4.78 is 0. The summed E-state index contributed by atoms with van der Waals surface area (Å²) in [5.41, 5.74) is 3.40. The van der Waals surface area contributed by atoms with E-state index in [2.05, 4.69) is 16.4 Å². The number of likely N-dealkylation sites (tertiary alicyclic amines) is 1. The number of nitrogens with zero attached hydrogens (tertiary/aromatic N) is 1. The van der Waals surface area contributed by atoms with Gasteiger partial charge in [0.15, 0.2) is 0 Å². The average molecular weight is 361 g/mol. The van der Waals surface area contributed by atoms with Gasteiger partial charge in [-0.3, -0.25) is 9.59 Å². The van der Waals surface area contributed by atoms with Crippen molar-refractivity contribution in [2.45, 2.75) is 19.3 Å². The largest absolute Gasteiger partial charge is 0.361 e. The van der Waals surface area contributed by atoms with Crippen molar-refractivity contribution in [1.29, 1.82) is 0 Å². The van der Waals surface area contributed by atoms with E-state index in [1.807, 2.05) is 29.3 Å². The molecule has 5 heteroatoms. The van der Waals surface area contributed by atoms with Gasteiger partial charge in [-0.1, -0.05) is 24.3 Å². The standard InChI is InChI=1S/C22H23N3O2/c26-21(23-11-10-18-15-24-20-9-2-1-8-19(18)20)16-6-5-7-17(14-16)22(27)25-12-3-4-13-25/h1-2,5-9,14-15,24H,3-4,10-13H2,(H,23,26). The lowest BCUT2D eigenvalue weighted by Gasteiger charge is -2.15. The van der Waals surface area contributed by atoms with Crippen LogP contribution in [0.1, 0.15) is 39.1 Å². The molecule has 0 unspecified atom stereocenters. The van der Waals surface area contributed by atoms with Crippen molar-refractivity contribution in [2.75, 3.05) is 19.6 Å². The van der Waals surface area contributed by atoms with Crippen LogP contribution in [0.2, 0.25) is 0 Å². The Bertz CT molecular complexity index is 970. The van der Waals surface area contributed by atoms with E-state index in [9.17, 15) is 9.59 Å². The van der Waals surface area contributed by atoms with Gasteiger partial charge < -0.3 is 15.2 Å². The van der Waals surface area contributed by atoms with Crippen LogP contribution in [-0.2, 0) is 6.42 Å². The Kier molecular flexibility index (Phi) is 4.92. The summed E-state index contributed by atoms with van der Waals surface area (Å²) in [5, 5.41) is 4.15. The minimum Gasteiger partial charge on any atom is -0.361 e. The highest BCUT2D eigenvalue weighted by molar-refractivity contribution is 5.99. The Balaban J connectivity index is 1.38. The lowest BCUT2D eigenvalue weighted by Crippen LogP contribution is -2.29. The number of hydrogen-bond acceptors (Lipinski definition) is 2. The third-order valence-electron chi connectivity index (χ3n) is 5.12. The smallest absolute Gasteiger partial charge is 0.253 e. The van der Waals surface area contributed by atoms with Gasteiger partial charge in [-0.2, -0.15) is 0 Å². The average Bonchev–Trinajstić information content (AvgIpc) is 3.38. The fourth-order valence-electron chi connectivity index (χ4n) is 3.65. The maximum Gasteiger partial charge on any atom is 0.253 e. The molecule has 2 N–H and O–H groups in total. The van der Waals surface area contributed by atoms with Crippen LogP contribution in [0, 0.1) is 0 Å². The van der Waals surface area contributed by atoms with Gasteiger partial charge in [-0.05, 0) is 49.1 Å². The van der Waals surface area contributed by atoms with Crippen LogP contribution in [-0.4, -0.2) is 41.3 Å². The van der Waals surface area contributed by atoms with Crippen molar-refractivity contribution in [3.05, 3.63) is 71.4 Å². The fourth-order valence-corrected chi connectivity index (χ4v) is 3.65. The van der Waals surface area contributed by atoms with E-state index in [1.54, 1.807) is 24.3 Å². The number of aromatic nitrogens is 1. The van der Waals surface area contributed by atoms with Crippen LogP contribution in [0.25, 0.3) is 10.9 Å². The number of rotatable bonds is 5. The van der Waals surface area contributed by atoms with Crippen molar-refractivity contribution in [2.24, 2.45) is 0 Å². The Morgan fingerprint density at radius 2 is 1.78 bits per heavy atom. The molecular weight excluding hydrogens is 338 g/mol. The molecule has 0 spiro atoms. The Hall–Kier alpha value is -3.08. The van der Waals surface area contributed by atoms with Crippen LogP contribution >= 0.6 is 0 Å². The maximum atomic E-state index is 12.5. The minimum absolute atomic E-state index is 0.0148. The Labute approximate surface area is 158 Å². The summed E-state index contributed by atoms with van der Waals surface area (Å²) in [6, 6.07) is 15.1. The molecule has 0 atom stereocenters. The molecule has 1 aromatic heterocycles. The third kappa shape index (κ3) is 3.72. The Morgan fingerprint density at radius 1 is 1.00 bits per heavy atom. The molecule has 5 nitrogen and oxygen atoms in total. The van der Waals surface area contributed by atoms with Gasteiger partial charge >= 0.3 is 0 Å². The molecule has 1 aliphatic heterocycles. The summed E-state index contributed by atoms with van der Waals surface area (Å²) in [5.74, 6) is -0.133. The second-order valence-electron chi connectivity index (χ2n) is 6.95. The summed E-state index contributed by atoms with van der Waals surface area (Å²) >= 11 is 0. The molecule has 3 aromatic rings. The van der Waals surface area contributed by atoms with Crippen molar-refractivity contribution in [3.63, 3.8) is 0 Å². The lowest BCUT2D eigenvalue weighted by atomic mass is 10.1. The number of benzene rings is 2. The molecule has 138 valence electrons. The van der Waals surface area contributed by atoms with Gasteiger partial charge in [0.2, 0.25) is 0 Å². The van der Waals surface area contributed by atoms with Gasteiger partial charge in [0.25, 0.3) is 11.8 Å². The number of carbonyl (C=O) groups is 2. The molecular formula is C22H23N3O2. The highest BCUT2D eigenvalue weighted by Gasteiger charge is 2.20. The van der Waals surface area contributed by atoms with Crippen LogP contribution < -0.4 is 5.32 Å². The molecule has 1 saturated heterocycles. The minimum atomic E-state index is -0.147. The summed E-state index contributed by atoms with van der Waals surface area (Å²) in [6.07, 6.45) is 4.85. The second-order valence-corrected chi connectivity index (χ2v) is 6.95. The van der Waals surface area contributed by atoms with Gasteiger partial charge in [0.1, 0.15) is 0 Å². The van der Waals surface area contributed by atoms with Crippen LogP contribution in [0.15, 0.2) is 54.7 Å². The predicted molar refractivity (Wildman–Crippen MR) is 106 cm³/mol.